The van der Waals surface area contributed by atoms with Gasteiger partial charge in [-0.3, -0.25) is 19.3 Å². The lowest BCUT2D eigenvalue weighted by Gasteiger charge is -2.13. The molecule has 0 saturated carbocycles. The van der Waals surface area contributed by atoms with Gasteiger partial charge >= 0.3 is 6.09 Å². The van der Waals surface area contributed by atoms with Gasteiger partial charge in [0.05, 0.1) is 22.6 Å². The lowest BCUT2D eigenvalue weighted by molar-refractivity contribution is -0.121. The predicted octanol–water partition coefficient (Wildman–Crippen LogP) is 0.938. The Kier molecular flexibility index (Phi) is 5.44. The predicted molar refractivity (Wildman–Crippen MR) is 102 cm³/mol. The van der Waals surface area contributed by atoms with Crippen LogP contribution in [0.5, 0.6) is 0 Å². The van der Waals surface area contributed by atoms with Gasteiger partial charge in [0.15, 0.2) is 0 Å². The van der Waals surface area contributed by atoms with E-state index in [1.54, 1.807) is 13.0 Å². The van der Waals surface area contributed by atoms with Gasteiger partial charge < -0.3 is 15.8 Å². The van der Waals surface area contributed by atoms with Crippen LogP contribution in [0.4, 0.5) is 10.5 Å². The van der Waals surface area contributed by atoms with E-state index in [1.807, 2.05) is 0 Å². The van der Waals surface area contributed by atoms with Gasteiger partial charge in [-0.25, -0.2) is 14.3 Å². The number of nitrogen functional groups attached to an aromatic ring is 1. The van der Waals surface area contributed by atoms with Crippen molar-refractivity contribution in [2.75, 3.05) is 18.8 Å². The summed E-state index contributed by atoms with van der Waals surface area (Å²) in [5.41, 5.74) is 6.83. The summed E-state index contributed by atoms with van der Waals surface area (Å²) in [7, 11) is 0. The van der Waals surface area contributed by atoms with Crippen LogP contribution in [0.25, 0.3) is 0 Å². The molecule has 0 fully saturated rings. The van der Waals surface area contributed by atoms with Gasteiger partial charge in [0.25, 0.3) is 11.8 Å². The number of nitrogens with one attached hydrogen (secondary N) is 1. The van der Waals surface area contributed by atoms with Crippen LogP contribution in [0.3, 0.4) is 0 Å². The Labute approximate surface area is 165 Å². The van der Waals surface area contributed by atoms with Crippen LogP contribution < -0.4 is 11.1 Å². The van der Waals surface area contributed by atoms with Gasteiger partial charge in [-0.1, -0.05) is 12.6 Å². The van der Waals surface area contributed by atoms with E-state index in [4.69, 9.17) is 10.5 Å². The Hall–Kier alpha value is -3.95. The first kappa shape index (κ1) is 19.8. The topological polar surface area (TPSA) is 137 Å². The molecule has 0 spiro atoms. The molecule has 3 amide bonds. The zero-order valence-electron chi connectivity index (χ0n) is 15.7. The summed E-state index contributed by atoms with van der Waals surface area (Å²) >= 11 is 0. The highest BCUT2D eigenvalue weighted by atomic mass is 16.6. The number of nitrogens with two attached hydrogens (primary N) is 1. The van der Waals surface area contributed by atoms with E-state index >= 15 is 0 Å². The van der Waals surface area contributed by atoms with Crippen molar-refractivity contribution in [3.8, 4) is 0 Å². The number of fused-ring (bicyclic) bond motifs is 1. The number of rotatable bonds is 6. The van der Waals surface area contributed by atoms with E-state index in [-0.39, 0.29) is 29.1 Å². The molecule has 2 aromatic rings. The van der Waals surface area contributed by atoms with Gasteiger partial charge in [-0.2, -0.15) is 0 Å². The molecule has 0 unspecified atom stereocenters. The number of aromatic nitrogens is 2. The van der Waals surface area contributed by atoms with Crippen molar-refractivity contribution in [2.24, 2.45) is 0 Å². The molecule has 29 heavy (non-hydrogen) atoms. The summed E-state index contributed by atoms with van der Waals surface area (Å²) in [5.74, 6) is -1.39. The number of benzene rings is 1. The van der Waals surface area contributed by atoms with Crippen LogP contribution in [0.2, 0.25) is 0 Å². The minimum Gasteiger partial charge on any atom is -0.415 e. The van der Waals surface area contributed by atoms with Crippen LogP contribution >= 0.6 is 0 Å². The highest BCUT2D eigenvalue weighted by Crippen LogP contribution is 2.27. The fourth-order valence-electron chi connectivity index (χ4n) is 2.83. The van der Waals surface area contributed by atoms with Crippen molar-refractivity contribution in [1.82, 2.24) is 19.8 Å². The SMILES string of the molecule is C=C(C)OC(=O)n1cnc(CCNC(=O)CN2C(=O)c3cccc(N)c3C2=O)c1. The molecule has 1 aliphatic rings. The number of imide groups is 1. The van der Waals surface area contributed by atoms with E-state index in [9.17, 15) is 19.2 Å². The minimum atomic E-state index is -0.634. The van der Waals surface area contributed by atoms with Crippen molar-refractivity contribution in [2.45, 2.75) is 13.3 Å². The van der Waals surface area contributed by atoms with Gasteiger partial charge in [0.2, 0.25) is 5.91 Å². The van der Waals surface area contributed by atoms with Crippen molar-refractivity contribution in [3.05, 3.63) is 59.9 Å². The standard InChI is InChI=1S/C19H19N5O5/c1-11(2)29-19(28)23-8-12(22-10-23)6-7-21-15(25)9-24-17(26)13-4-3-5-14(20)16(13)18(24)27/h3-5,8,10H,1,6-7,9,20H2,2H3,(H,21,25). The molecule has 10 nitrogen and oxygen atoms in total. The van der Waals surface area contributed by atoms with Crippen molar-refractivity contribution >= 4 is 29.5 Å². The maximum atomic E-state index is 12.4. The normalized spacial score (nSPS) is 12.7. The van der Waals surface area contributed by atoms with Crippen LogP contribution in [0, 0.1) is 0 Å². The largest absolute Gasteiger partial charge is 0.424 e. The zero-order valence-corrected chi connectivity index (χ0v) is 15.7. The highest BCUT2D eigenvalue weighted by Gasteiger charge is 2.37. The minimum absolute atomic E-state index is 0.123. The first-order valence-corrected chi connectivity index (χ1v) is 8.70. The number of allylic oxidation sites excluding steroid dienone is 1. The maximum Gasteiger partial charge on any atom is 0.424 e. The third-order valence-corrected chi connectivity index (χ3v) is 4.14. The zero-order chi connectivity index (χ0) is 21.1. The summed E-state index contributed by atoms with van der Waals surface area (Å²) < 4.78 is 6.03. The molecule has 3 N–H and O–H groups in total. The number of imidazole rings is 1. The molecule has 0 radical (unpaired) electrons. The second-order valence-electron chi connectivity index (χ2n) is 6.41. The smallest absolute Gasteiger partial charge is 0.415 e. The fraction of sp³-hybridized carbons (Fsp3) is 0.211. The van der Waals surface area contributed by atoms with Crippen LogP contribution in [-0.4, -0.2) is 51.4 Å². The number of nitrogens with zero attached hydrogens (tertiary/aromatic N) is 3. The Balaban J connectivity index is 1.51. The molecule has 0 bridgehead atoms. The molecule has 150 valence electrons. The van der Waals surface area contributed by atoms with Crippen LogP contribution in [0.15, 0.2) is 43.1 Å². The molecule has 2 heterocycles. The summed E-state index contributed by atoms with van der Waals surface area (Å²) in [4.78, 5) is 53.5. The van der Waals surface area contributed by atoms with Crippen molar-refractivity contribution in [1.29, 1.82) is 0 Å². The van der Waals surface area contributed by atoms with E-state index < -0.39 is 30.4 Å². The van der Waals surface area contributed by atoms with Gasteiger partial charge in [0.1, 0.15) is 12.9 Å². The Morgan fingerprint density at radius 3 is 2.72 bits per heavy atom. The van der Waals surface area contributed by atoms with Gasteiger partial charge in [-0.15, -0.1) is 0 Å². The second-order valence-corrected chi connectivity index (χ2v) is 6.41. The second kappa shape index (κ2) is 7.97. The number of hydrogen-bond acceptors (Lipinski definition) is 7. The number of ether oxygens (including phenoxy) is 1. The first-order chi connectivity index (χ1) is 13.8. The first-order valence-electron chi connectivity index (χ1n) is 8.70. The molecule has 1 aromatic heterocycles. The van der Waals surface area contributed by atoms with Crippen LogP contribution in [0.1, 0.15) is 33.3 Å². The Morgan fingerprint density at radius 1 is 1.28 bits per heavy atom. The quantitative estimate of drug-likeness (QED) is 0.420. The molecule has 0 saturated heterocycles. The monoisotopic (exact) mass is 397 g/mol. The summed E-state index contributed by atoms with van der Waals surface area (Å²) in [5, 5.41) is 2.62. The van der Waals surface area contributed by atoms with Crippen molar-refractivity contribution in [3.63, 3.8) is 0 Å². The molecule has 3 rings (SSSR count). The Morgan fingerprint density at radius 2 is 2.03 bits per heavy atom. The average Bonchev–Trinajstić information content (AvgIpc) is 3.21. The van der Waals surface area contributed by atoms with Crippen LogP contribution in [-0.2, 0) is 16.0 Å². The molecule has 1 aromatic carbocycles. The summed E-state index contributed by atoms with van der Waals surface area (Å²) in [6, 6.07) is 4.60. The molecule has 0 atom stereocenters. The number of amides is 3. The van der Waals surface area contributed by atoms with Crippen molar-refractivity contribution < 1.29 is 23.9 Å². The highest BCUT2D eigenvalue weighted by molar-refractivity contribution is 6.24. The molecule has 10 heteroatoms. The van der Waals surface area contributed by atoms with Gasteiger partial charge in [0, 0.05) is 24.8 Å². The lowest BCUT2D eigenvalue weighted by Crippen LogP contribution is -2.40. The number of hydrogen-bond donors (Lipinski definition) is 2. The Bertz CT molecular complexity index is 1030. The van der Waals surface area contributed by atoms with E-state index in [0.717, 1.165) is 9.47 Å². The summed E-state index contributed by atoms with van der Waals surface area (Å²) in [6.07, 6.45) is 2.48. The number of carbonyl (C=O) groups is 4. The molecular weight excluding hydrogens is 378 g/mol. The third kappa shape index (κ3) is 4.15. The van der Waals surface area contributed by atoms with E-state index in [0.29, 0.717) is 12.1 Å². The number of anilines is 1. The third-order valence-electron chi connectivity index (χ3n) is 4.14. The maximum absolute atomic E-state index is 12.4. The van der Waals surface area contributed by atoms with Gasteiger partial charge in [-0.05, 0) is 19.1 Å². The molecule has 1 aliphatic heterocycles. The molecule has 0 aliphatic carbocycles. The van der Waals surface area contributed by atoms with E-state index in [2.05, 4.69) is 16.9 Å². The number of carbonyl (C=O) groups excluding carboxylic acids is 4. The summed E-state index contributed by atoms with van der Waals surface area (Å²) in [6.45, 7) is 4.83. The average molecular weight is 397 g/mol. The van der Waals surface area contributed by atoms with E-state index in [1.165, 1.54) is 24.7 Å². The molecular formula is C19H19N5O5. The fourth-order valence-corrected chi connectivity index (χ4v) is 2.83. The lowest BCUT2D eigenvalue weighted by atomic mass is 10.1.